The van der Waals surface area contributed by atoms with E-state index in [2.05, 4.69) is 15.6 Å². The summed E-state index contributed by atoms with van der Waals surface area (Å²) in [7, 11) is 0. The summed E-state index contributed by atoms with van der Waals surface area (Å²) in [6, 6.07) is -0.840. The minimum absolute atomic E-state index is 0.0527. The number of carbonyl (C=O) groups is 1. The average molecular weight is 228 g/mol. The van der Waals surface area contributed by atoms with Crippen LogP contribution in [0.3, 0.4) is 0 Å². The van der Waals surface area contributed by atoms with E-state index in [1.54, 1.807) is 0 Å². The summed E-state index contributed by atoms with van der Waals surface area (Å²) in [5.41, 5.74) is 0.356. The smallest absolute Gasteiger partial charge is 0.327 e. The number of aromatic nitrogens is 3. The van der Waals surface area contributed by atoms with Gasteiger partial charge in [-0.05, 0) is 13.0 Å². The maximum Gasteiger partial charge on any atom is 0.327 e. The number of hydrogen-bond donors (Lipinski definition) is 3. The van der Waals surface area contributed by atoms with E-state index in [1.807, 2.05) is 6.92 Å². The van der Waals surface area contributed by atoms with Crippen LogP contribution in [0.1, 0.15) is 25.1 Å². The summed E-state index contributed by atoms with van der Waals surface area (Å²) in [5, 5.41) is 28.1. The Morgan fingerprint density at radius 3 is 3.00 bits per heavy atom. The number of hydrogen-bond acceptors (Lipinski definition) is 5. The number of rotatable bonds is 7. The van der Waals surface area contributed by atoms with Gasteiger partial charge in [0.2, 0.25) is 0 Å². The molecule has 1 aromatic heterocycles. The molecule has 0 aromatic carbocycles. The highest BCUT2D eigenvalue weighted by Gasteiger charge is 2.21. The maximum absolute atomic E-state index is 11.0. The van der Waals surface area contributed by atoms with Gasteiger partial charge in [-0.15, -0.1) is 5.10 Å². The summed E-state index contributed by atoms with van der Waals surface area (Å²) < 4.78 is 1.42. The highest BCUT2D eigenvalue weighted by Crippen LogP contribution is 2.09. The second kappa shape index (κ2) is 6.19. The lowest BCUT2D eigenvalue weighted by Crippen LogP contribution is -2.29. The van der Waals surface area contributed by atoms with Crippen molar-refractivity contribution < 1.29 is 15.0 Å². The van der Waals surface area contributed by atoms with Crippen molar-refractivity contribution in [3.8, 4) is 0 Å². The molecule has 1 rings (SSSR count). The zero-order chi connectivity index (χ0) is 12.0. The van der Waals surface area contributed by atoms with E-state index in [4.69, 9.17) is 10.2 Å². The van der Waals surface area contributed by atoms with E-state index >= 15 is 0 Å². The molecule has 1 heterocycles. The van der Waals surface area contributed by atoms with Crippen LogP contribution in [0.2, 0.25) is 0 Å². The molecule has 0 aliphatic heterocycles. The molecule has 0 amide bonds. The zero-order valence-electron chi connectivity index (χ0n) is 9.13. The van der Waals surface area contributed by atoms with Crippen molar-refractivity contribution in [3.05, 3.63) is 11.9 Å². The number of nitrogens with one attached hydrogen (secondary N) is 1. The molecule has 0 spiro atoms. The predicted molar refractivity (Wildman–Crippen MR) is 55.8 cm³/mol. The highest BCUT2D eigenvalue weighted by atomic mass is 16.4. The highest BCUT2D eigenvalue weighted by molar-refractivity contribution is 5.74. The lowest BCUT2D eigenvalue weighted by molar-refractivity contribution is -0.139. The van der Waals surface area contributed by atoms with Crippen molar-refractivity contribution in [2.24, 2.45) is 0 Å². The molecule has 1 aromatic rings. The first-order chi connectivity index (χ1) is 7.69. The molecule has 0 bridgehead atoms. The summed E-state index contributed by atoms with van der Waals surface area (Å²) in [6.45, 7) is 2.81. The Morgan fingerprint density at radius 2 is 2.44 bits per heavy atom. The molecular formula is C9H16N4O3. The van der Waals surface area contributed by atoms with Gasteiger partial charge in [0.25, 0.3) is 0 Å². The number of nitrogens with zero attached hydrogens (tertiary/aromatic N) is 3. The number of aliphatic carboxylic acids is 1. The first-order valence-electron chi connectivity index (χ1n) is 5.16. The Bertz CT molecular complexity index is 339. The Balaban J connectivity index is 2.71. The molecule has 0 aliphatic carbocycles. The second-order valence-corrected chi connectivity index (χ2v) is 3.36. The molecule has 90 valence electrons. The number of aliphatic hydroxyl groups is 1. The minimum Gasteiger partial charge on any atom is -0.480 e. The Kier molecular flexibility index (Phi) is 4.87. The second-order valence-electron chi connectivity index (χ2n) is 3.36. The largest absolute Gasteiger partial charge is 0.480 e. The topological polar surface area (TPSA) is 100 Å². The standard InChI is InChI=1S/C9H16N4O3/c1-2-3-10-8(9(15)16)7-6-13(4-5-14)12-11-7/h6,8,10,14H,2-5H2,1H3,(H,15,16). The number of carboxylic acid groups (broad SMARTS) is 1. The molecule has 0 saturated heterocycles. The molecule has 3 N–H and O–H groups in total. The van der Waals surface area contributed by atoms with Gasteiger partial charge < -0.3 is 10.2 Å². The van der Waals surface area contributed by atoms with Gasteiger partial charge in [-0.1, -0.05) is 12.1 Å². The lowest BCUT2D eigenvalue weighted by Gasteiger charge is -2.09. The Morgan fingerprint density at radius 1 is 1.69 bits per heavy atom. The molecule has 0 aliphatic rings. The van der Waals surface area contributed by atoms with Crippen LogP contribution in [0.5, 0.6) is 0 Å². The summed E-state index contributed by atoms with van der Waals surface area (Å²) in [4.78, 5) is 11.0. The van der Waals surface area contributed by atoms with Gasteiger partial charge >= 0.3 is 5.97 Å². The van der Waals surface area contributed by atoms with Crippen LogP contribution in [0.15, 0.2) is 6.20 Å². The fraction of sp³-hybridized carbons (Fsp3) is 0.667. The van der Waals surface area contributed by atoms with Crippen LogP contribution in [-0.2, 0) is 11.3 Å². The van der Waals surface area contributed by atoms with E-state index in [9.17, 15) is 4.79 Å². The zero-order valence-corrected chi connectivity index (χ0v) is 9.13. The third kappa shape index (κ3) is 3.28. The van der Waals surface area contributed by atoms with Crippen LogP contribution < -0.4 is 5.32 Å². The third-order valence-electron chi connectivity index (χ3n) is 2.03. The quantitative estimate of drug-likeness (QED) is 0.576. The van der Waals surface area contributed by atoms with E-state index in [1.165, 1.54) is 10.9 Å². The van der Waals surface area contributed by atoms with E-state index < -0.39 is 12.0 Å². The van der Waals surface area contributed by atoms with Crippen molar-refractivity contribution in [2.45, 2.75) is 25.9 Å². The van der Waals surface area contributed by atoms with Gasteiger partial charge in [-0.2, -0.15) is 0 Å². The third-order valence-corrected chi connectivity index (χ3v) is 2.03. The van der Waals surface area contributed by atoms with Crippen LogP contribution in [0.4, 0.5) is 0 Å². The first-order valence-corrected chi connectivity index (χ1v) is 5.16. The van der Waals surface area contributed by atoms with Crippen molar-refractivity contribution in [1.29, 1.82) is 0 Å². The SMILES string of the molecule is CCCNC(C(=O)O)c1cn(CCO)nn1. The van der Waals surface area contributed by atoms with Crippen LogP contribution in [0, 0.1) is 0 Å². The van der Waals surface area contributed by atoms with Crippen LogP contribution in [-0.4, -0.2) is 44.3 Å². The normalized spacial score (nSPS) is 12.6. The maximum atomic E-state index is 11.0. The van der Waals surface area contributed by atoms with Gasteiger partial charge in [-0.3, -0.25) is 10.1 Å². The summed E-state index contributed by atoms with van der Waals surface area (Å²) in [6.07, 6.45) is 2.37. The van der Waals surface area contributed by atoms with Crippen LogP contribution >= 0.6 is 0 Å². The molecule has 7 heteroatoms. The van der Waals surface area contributed by atoms with Crippen molar-refractivity contribution >= 4 is 5.97 Å². The van der Waals surface area contributed by atoms with Crippen LogP contribution in [0.25, 0.3) is 0 Å². The van der Waals surface area contributed by atoms with E-state index in [0.29, 0.717) is 18.8 Å². The van der Waals surface area contributed by atoms with E-state index in [-0.39, 0.29) is 6.61 Å². The van der Waals surface area contributed by atoms with Gasteiger partial charge in [0.1, 0.15) is 5.69 Å². The molecular weight excluding hydrogens is 212 g/mol. The lowest BCUT2D eigenvalue weighted by atomic mass is 10.2. The molecule has 7 nitrogen and oxygen atoms in total. The monoisotopic (exact) mass is 228 g/mol. The summed E-state index contributed by atoms with van der Waals surface area (Å²) in [5.74, 6) is -0.982. The molecule has 0 radical (unpaired) electrons. The molecule has 1 atom stereocenters. The fourth-order valence-electron chi connectivity index (χ4n) is 1.26. The number of carboxylic acids is 1. The van der Waals surface area contributed by atoms with Gasteiger partial charge in [-0.25, -0.2) is 4.68 Å². The predicted octanol–water partition coefficient (Wildman–Crippen LogP) is -0.604. The van der Waals surface area contributed by atoms with Gasteiger partial charge in [0.05, 0.1) is 19.3 Å². The van der Waals surface area contributed by atoms with E-state index in [0.717, 1.165) is 6.42 Å². The average Bonchev–Trinajstić information content (AvgIpc) is 2.67. The molecule has 0 saturated carbocycles. The van der Waals surface area contributed by atoms with Crippen molar-refractivity contribution in [2.75, 3.05) is 13.2 Å². The minimum atomic E-state index is -0.982. The fourth-order valence-corrected chi connectivity index (χ4v) is 1.26. The Hall–Kier alpha value is -1.47. The molecule has 1 unspecified atom stereocenters. The summed E-state index contributed by atoms with van der Waals surface area (Å²) >= 11 is 0. The molecule has 16 heavy (non-hydrogen) atoms. The van der Waals surface area contributed by atoms with Gasteiger partial charge in [0, 0.05) is 0 Å². The first kappa shape index (κ1) is 12.6. The van der Waals surface area contributed by atoms with Gasteiger partial charge in [0.15, 0.2) is 6.04 Å². The van der Waals surface area contributed by atoms with Crippen molar-refractivity contribution in [1.82, 2.24) is 20.3 Å². The molecule has 0 fully saturated rings. The Labute approximate surface area is 93.1 Å². The number of aliphatic hydroxyl groups excluding tert-OH is 1. The van der Waals surface area contributed by atoms with Crippen molar-refractivity contribution in [3.63, 3.8) is 0 Å².